The highest BCUT2D eigenvalue weighted by Crippen LogP contribution is 2.39. The van der Waals surface area contributed by atoms with Crippen LogP contribution in [-0.4, -0.2) is 59.9 Å². The van der Waals surface area contributed by atoms with Gasteiger partial charge in [-0.15, -0.1) is 0 Å². The second-order valence-corrected chi connectivity index (χ2v) is 6.86. The van der Waals surface area contributed by atoms with E-state index >= 15 is 0 Å². The molecule has 1 fully saturated rings. The maximum atomic E-state index is 12.6. The van der Waals surface area contributed by atoms with Gasteiger partial charge in [0, 0.05) is 32.4 Å². The minimum atomic E-state index is -1.19. The van der Waals surface area contributed by atoms with Gasteiger partial charge in [-0.3, -0.25) is 4.79 Å². The molecule has 0 radical (unpaired) electrons. The van der Waals surface area contributed by atoms with Crippen molar-refractivity contribution in [2.24, 2.45) is 0 Å². The first-order valence-electron chi connectivity index (χ1n) is 8.49. The fraction of sp³-hybridized carbons (Fsp3) is 0.444. The number of ether oxygens (including phenoxy) is 1. The highest BCUT2D eigenvalue weighted by Gasteiger charge is 2.27. The zero-order valence-electron chi connectivity index (χ0n) is 14.4. The SMILES string of the molecule is CC1Cn2cc(C(=O)O)c(=O)c3ccc(N4CCN(C)CC4)c(c32)O1. The van der Waals surface area contributed by atoms with Crippen LogP contribution in [0.25, 0.3) is 10.9 Å². The lowest BCUT2D eigenvalue weighted by Crippen LogP contribution is -2.45. The van der Waals surface area contributed by atoms with Gasteiger partial charge in [-0.1, -0.05) is 0 Å². The van der Waals surface area contributed by atoms with E-state index in [1.165, 1.54) is 6.20 Å². The van der Waals surface area contributed by atoms with Crippen molar-refractivity contribution in [1.29, 1.82) is 0 Å². The Kier molecular flexibility index (Phi) is 3.68. The van der Waals surface area contributed by atoms with Crippen molar-refractivity contribution in [3.05, 3.63) is 34.1 Å². The van der Waals surface area contributed by atoms with Gasteiger partial charge in [0.15, 0.2) is 5.75 Å². The molecule has 0 amide bonds. The largest absolute Gasteiger partial charge is 0.484 e. The normalized spacial score (nSPS) is 20.6. The van der Waals surface area contributed by atoms with Crippen molar-refractivity contribution in [1.82, 2.24) is 9.47 Å². The third-order valence-electron chi connectivity index (χ3n) is 5.02. The fourth-order valence-electron chi connectivity index (χ4n) is 3.68. The van der Waals surface area contributed by atoms with E-state index in [2.05, 4.69) is 16.8 Å². The fourth-order valence-corrected chi connectivity index (χ4v) is 3.68. The van der Waals surface area contributed by atoms with Crippen LogP contribution in [0.1, 0.15) is 17.3 Å². The van der Waals surface area contributed by atoms with Crippen molar-refractivity contribution in [2.75, 3.05) is 38.1 Å². The number of hydrogen-bond acceptors (Lipinski definition) is 5. The monoisotopic (exact) mass is 343 g/mol. The lowest BCUT2D eigenvalue weighted by molar-refractivity contribution is 0.0694. The molecule has 0 aliphatic carbocycles. The molecule has 4 rings (SSSR count). The smallest absolute Gasteiger partial charge is 0.341 e. The number of likely N-dealkylation sites (N-methyl/N-ethyl adjacent to an activating group) is 1. The first-order chi connectivity index (χ1) is 12.0. The highest BCUT2D eigenvalue weighted by atomic mass is 16.5. The van der Waals surface area contributed by atoms with Gasteiger partial charge in [-0.05, 0) is 26.1 Å². The number of hydrogen-bond donors (Lipinski definition) is 1. The predicted molar refractivity (Wildman–Crippen MR) is 95.0 cm³/mol. The van der Waals surface area contributed by atoms with Crippen LogP contribution in [0, 0.1) is 0 Å². The summed E-state index contributed by atoms with van der Waals surface area (Å²) in [6.07, 6.45) is 1.36. The lowest BCUT2D eigenvalue weighted by atomic mass is 10.1. The van der Waals surface area contributed by atoms with E-state index in [4.69, 9.17) is 4.74 Å². The Morgan fingerprint density at radius 3 is 2.64 bits per heavy atom. The average molecular weight is 343 g/mol. The molecule has 25 heavy (non-hydrogen) atoms. The molecule has 1 aromatic carbocycles. The topological polar surface area (TPSA) is 75.0 Å². The minimum absolute atomic E-state index is 0.0894. The maximum absolute atomic E-state index is 12.6. The van der Waals surface area contributed by atoms with Crippen LogP contribution in [0.4, 0.5) is 5.69 Å². The van der Waals surface area contributed by atoms with Gasteiger partial charge in [-0.25, -0.2) is 4.79 Å². The quantitative estimate of drug-likeness (QED) is 0.884. The zero-order chi connectivity index (χ0) is 17.7. The Bertz CT molecular complexity index is 913. The third-order valence-corrected chi connectivity index (χ3v) is 5.02. The second kappa shape index (κ2) is 5.77. The number of aromatic carboxylic acids is 1. The van der Waals surface area contributed by atoms with Gasteiger partial charge in [0.2, 0.25) is 5.43 Å². The van der Waals surface area contributed by atoms with E-state index < -0.39 is 11.4 Å². The molecular weight excluding hydrogens is 322 g/mol. The van der Waals surface area contributed by atoms with Crippen LogP contribution in [0.5, 0.6) is 5.75 Å². The maximum Gasteiger partial charge on any atom is 0.341 e. The molecule has 7 heteroatoms. The molecule has 0 spiro atoms. The van der Waals surface area contributed by atoms with Crippen LogP contribution < -0.4 is 15.1 Å². The molecule has 0 saturated carbocycles. The number of carboxylic acid groups (broad SMARTS) is 1. The first-order valence-corrected chi connectivity index (χ1v) is 8.49. The van der Waals surface area contributed by atoms with Crippen LogP contribution in [0.3, 0.4) is 0 Å². The highest BCUT2D eigenvalue weighted by molar-refractivity contribution is 5.97. The van der Waals surface area contributed by atoms with E-state index in [0.29, 0.717) is 23.2 Å². The number of benzene rings is 1. The summed E-state index contributed by atoms with van der Waals surface area (Å²) in [6, 6.07) is 3.62. The molecule has 1 atom stereocenters. The van der Waals surface area contributed by atoms with Crippen molar-refractivity contribution in [2.45, 2.75) is 19.6 Å². The van der Waals surface area contributed by atoms with E-state index in [1.807, 2.05) is 17.6 Å². The Morgan fingerprint density at radius 2 is 1.96 bits per heavy atom. The van der Waals surface area contributed by atoms with Crippen molar-refractivity contribution in [3.8, 4) is 5.75 Å². The molecule has 2 aromatic rings. The third kappa shape index (κ3) is 2.55. The number of aromatic nitrogens is 1. The lowest BCUT2D eigenvalue weighted by Gasteiger charge is -2.37. The van der Waals surface area contributed by atoms with E-state index in [-0.39, 0.29) is 11.7 Å². The number of piperazine rings is 1. The summed E-state index contributed by atoms with van der Waals surface area (Å²) in [5.41, 5.74) is 1.02. The molecule has 0 bridgehead atoms. The van der Waals surface area contributed by atoms with E-state index in [1.54, 1.807) is 6.07 Å². The number of pyridine rings is 1. The Morgan fingerprint density at radius 1 is 1.24 bits per heavy atom. The summed E-state index contributed by atoms with van der Waals surface area (Å²) < 4.78 is 7.96. The summed E-state index contributed by atoms with van der Waals surface area (Å²) in [6.45, 7) is 6.20. The van der Waals surface area contributed by atoms with Gasteiger partial charge in [0.05, 0.1) is 23.1 Å². The standard InChI is InChI=1S/C18H21N3O4/c1-11-9-21-10-13(18(23)24)16(22)12-3-4-14(17(25-11)15(12)21)20-7-5-19(2)6-8-20/h3-4,10-11H,5-9H2,1-2H3,(H,23,24). The summed E-state index contributed by atoms with van der Waals surface area (Å²) in [4.78, 5) is 28.5. The molecule has 1 unspecified atom stereocenters. The van der Waals surface area contributed by atoms with Crippen LogP contribution in [0.2, 0.25) is 0 Å². The molecular formula is C18H21N3O4. The van der Waals surface area contributed by atoms with Crippen molar-refractivity contribution in [3.63, 3.8) is 0 Å². The van der Waals surface area contributed by atoms with Crippen LogP contribution >= 0.6 is 0 Å². The Hall–Kier alpha value is -2.54. The van der Waals surface area contributed by atoms with E-state index in [0.717, 1.165) is 31.9 Å². The summed E-state index contributed by atoms with van der Waals surface area (Å²) in [5.74, 6) is -0.505. The van der Waals surface area contributed by atoms with Gasteiger partial charge in [0.25, 0.3) is 0 Å². The van der Waals surface area contributed by atoms with Gasteiger partial charge < -0.3 is 24.2 Å². The predicted octanol–water partition coefficient (Wildman–Crippen LogP) is 1.23. The second-order valence-electron chi connectivity index (χ2n) is 6.86. The molecule has 1 aromatic heterocycles. The number of anilines is 1. The summed E-state index contributed by atoms with van der Waals surface area (Å²) >= 11 is 0. The molecule has 1 saturated heterocycles. The molecule has 2 aliphatic rings. The van der Waals surface area contributed by atoms with Gasteiger partial charge in [-0.2, -0.15) is 0 Å². The first kappa shape index (κ1) is 16.0. The van der Waals surface area contributed by atoms with Crippen molar-refractivity contribution >= 4 is 22.6 Å². The molecule has 1 N–H and O–H groups in total. The number of rotatable bonds is 2. The average Bonchev–Trinajstić information content (AvgIpc) is 2.58. The van der Waals surface area contributed by atoms with Gasteiger partial charge >= 0.3 is 5.97 Å². The molecule has 7 nitrogen and oxygen atoms in total. The summed E-state index contributed by atoms with van der Waals surface area (Å²) in [5, 5.41) is 9.73. The van der Waals surface area contributed by atoms with E-state index in [9.17, 15) is 14.7 Å². The number of carbonyl (C=O) groups is 1. The number of nitrogens with zero attached hydrogens (tertiary/aromatic N) is 3. The van der Waals surface area contributed by atoms with Crippen molar-refractivity contribution < 1.29 is 14.6 Å². The zero-order valence-corrected chi connectivity index (χ0v) is 14.4. The number of carboxylic acids is 1. The Balaban J connectivity index is 1.93. The molecule has 3 heterocycles. The molecule has 2 aliphatic heterocycles. The summed E-state index contributed by atoms with van der Waals surface area (Å²) in [7, 11) is 2.10. The van der Waals surface area contributed by atoms with Crippen LogP contribution in [0.15, 0.2) is 23.1 Å². The molecule has 132 valence electrons. The minimum Gasteiger partial charge on any atom is -0.484 e. The van der Waals surface area contributed by atoms with Crippen LogP contribution in [-0.2, 0) is 6.54 Å². The van der Waals surface area contributed by atoms with Gasteiger partial charge in [0.1, 0.15) is 11.7 Å². The Labute approximate surface area is 145 Å².